The largest absolute Gasteiger partial charge is 0.489 e. The first-order valence-corrected chi connectivity index (χ1v) is 12.2. The molecular formula is C27H21F2N5OS. The number of benzene rings is 2. The van der Waals surface area contributed by atoms with Crippen LogP contribution >= 0.6 is 11.3 Å². The van der Waals surface area contributed by atoms with Crippen LogP contribution in [-0.4, -0.2) is 24.6 Å². The van der Waals surface area contributed by atoms with E-state index in [9.17, 15) is 8.78 Å². The summed E-state index contributed by atoms with van der Waals surface area (Å²) >= 11 is 1.31. The van der Waals surface area contributed by atoms with Gasteiger partial charge < -0.3 is 4.74 Å². The summed E-state index contributed by atoms with van der Waals surface area (Å²) in [5.74, 6) is 1.43. The monoisotopic (exact) mass is 501 g/mol. The van der Waals surface area contributed by atoms with Crippen molar-refractivity contribution in [2.24, 2.45) is 0 Å². The van der Waals surface area contributed by atoms with Crippen molar-refractivity contribution in [3.05, 3.63) is 82.8 Å². The van der Waals surface area contributed by atoms with Crippen LogP contribution in [0.5, 0.6) is 5.75 Å². The zero-order valence-corrected chi connectivity index (χ0v) is 20.6. The number of aryl methyl sites for hydroxylation is 3. The normalized spacial score (nSPS) is 11.8. The highest BCUT2D eigenvalue weighted by Crippen LogP contribution is 2.37. The van der Waals surface area contributed by atoms with Crippen LogP contribution in [0.15, 0.2) is 54.9 Å². The average molecular weight is 502 g/mol. The van der Waals surface area contributed by atoms with Gasteiger partial charge in [0.25, 0.3) is 6.43 Å². The van der Waals surface area contributed by atoms with Crippen LogP contribution in [0.2, 0.25) is 0 Å². The third kappa shape index (κ3) is 3.85. The van der Waals surface area contributed by atoms with Crippen LogP contribution in [0.4, 0.5) is 8.78 Å². The van der Waals surface area contributed by atoms with Crippen molar-refractivity contribution in [1.29, 1.82) is 0 Å². The molecule has 0 aliphatic heterocycles. The lowest BCUT2D eigenvalue weighted by molar-refractivity contribution is 0.146. The molecule has 0 saturated heterocycles. The maximum Gasteiger partial charge on any atom is 0.280 e. The van der Waals surface area contributed by atoms with Crippen LogP contribution in [-0.2, 0) is 6.61 Å². The second kappa shape index (κ2) is 8.60. The Balaban J connectivity index is 1.32. The molecule has 6 nitrogen and oxygen atoms in total. The zero-order valence-electron chi connectivity index (χ0n) is 19.8. The second-order valence-corrected chi connectivity index (χ2v) is 9.83. The smallest absolute Gasteiger partial charge is 0.280 e. The van der Waals surface area contributed by atoms with E-state index in [1.54, 1.807) is 17.8 Å². The summed E-state index contributed by atoms with van der Waals surface area (Å²) in [7, 11) is 0. The molecule has 36 heavy (non-hydrogen) atoms. The van der Waals surface area contributed by atoms with Gasteiger partial charge in [-0.25, -0.2) is 28.2 Å². The number of thiophene rings is 1. The molecule has 0 atom stereocenters. The molecule has 6 aromatic rings. The van der Waals surface area contributed by atoms with Gasteiger partial charge in [0, 0.05) is 10.9 Å². The number of rotatable bonds is 5. The summed E-state index contributed by atoms with van der Waals surface area (Å²) in [6.07, 6.45) is -1.02. The average Bonchev–Trinajstić information content (AvgIpc) is 3.45. The van der Waals surface area contributed by atoms with Gasteiger partial charge in [0.1, 0.15) is 33.9 Å². The van der Waals surface area contributed by atoms with Gasteiger partial charge in [-0.2, -0.15) is 0 Å². The van der Waals surface area contributed by atoms with Crippen LogP contribution in [0.25, 0.3) is 37.5 Å². The minimum absolute atomic E-state index is 0.230. The highest BCUT2D eigenvalue weighted by atomic mass is 32.1. The quantitative estimate of drug-likeness (QED) is 0.255. The number of halogens is 2. The second-order valence-electron chi connectivity index (χ2n) is 8.83. The van der Waals surface area contributed by atoms with Gasteiger partial charge in [-0.05, 0) is 49.6 Å². The number of hydrogen-bond donors (Lipinski definition) is 0. The lowest BCUT2D eigenvalue weighted by Crippen LogP contribution is -1.97. The molecule has 0 fully saturated rings. The van der Waals surface area contributed by atoms with Gasteiger partial charge in [0.2, 0.25) is 0 Å². The van der Waals surface area contributed by atoms with Crippen molar-refractivity contribution in [2.45, 2.75) is 33.8 Å². The van der Waals surface area contributed by atoms with E-state index in [-0.39, 0.29) is 5.69 Å². The van der Waals surface area contributed by atoms with Gasteiger partial charge in [0.05, 0.1) is 5.52 Å². The minimum Gasteiger partial charge on any atom is -0.489 e. The lowest BCUT2D eigenvalue weighted by Gasteiger charge is -2.10. The fraction of sp³-hybridized carbons (Fsp3) is 0.185. The highest BCUT2D eigenvalue weighted by molar-refractivity contribution is 7.26. The Morgan fingerprint density at radius 2 is 1.78 bits per heavy atom. The number of ether oxygens (including phenoxy) is 1. The Morgan fingerprint density at radius 3 is 2.53 bits per heavy atom. The van der Waals surface area contributed by atoms with E-state index < -0.39 is 6.43 Å². The summed E-state index contributed by atoms with van der Waals surface area (Å²) in [6.45, 7) is 6.36. The molecule has 0 bridgehead atoms. The first kappa shape index (κ1) is 22.5. The number of alkyl halides is 2. The van der Waals surface area contributed by atoms with Gasteiger partial charge >= 0.3 is 0 Å². The summed E-state index contributed by atoms with van der Waals surface area (Å²) < 4.78 is 34.9. The van der Waals surface area contributed by atoms with E-state index in [1.807, 2.05) is 43.3 Å². The predicted molar refractivity (Wildman–Crippen MR) is 137 cm³/mol. The Kier molecular flexibility index (Phi) is 5.37. The van der Waals surface area contributed by atoms with Crippen LogP contribution in [0, 0.1) is 20.8 Å². The molecule has 0 radical (unpaired) electrons. The van der Waals surface area contributed by atoms with Gasteiger partial charge in [-0.1, -0.05) is 42.0 Å². The maximum absolute atomic E-state index is 13.3. The SMILES string of the molecule is Cc1ccc(OCc2ccc(-c3nc4c5sc6nc(C(F)F)cc(C)c6c5ncn4n3)cc2)c(C)c1. The molecule has 0 aliphatic carbocycles. The lowest BCUT2D eigenvalue weighted by atomic mass is 10.1. The van der Waals surface area contributed by atoms with Crippen molar-refractivity contribution in [1.82, 2.24) is 24.6 Å². The predicted octanol–water partition coefficient (Wildman–Crippen LogP) is 7.00. The molecule has 0 spiro atoms. The summed E-state index contributed by atoms with van der Waals surface area (Å²) in [5.41, 5.74) is 6.02. The van der Waals surface area contributed by atoms with Crippen molar-refractivity contribution in [3.8, 4) is 17.1 Å². The van der Waals surface area contributed by atoms with E-state index in [1.165, 1.54) is 23.0 Å². The first-order valence-electron chi connectivity index (χ1n) is 11.4. The molecule has 0 saturated carbocycles. The fourth-order valence-corrected chi connectivity index (χ4v) is 5.53. The molecule has 0 aliphatic rings. The Labute approximate surface area is 209 Å². The fourth-order valence-electron chi connectivity index (χ4n) is 4.34. The molecule has 4 aromatic heterocycles. The van der Waals surface area contributed by atoms with Gasteiger partial charge in [0.15, 0.2) is 11.5 Å². The van der Waals surface area contributed by atoms with Gasteiger partial charge in [-0.3, -0.25) is 0 Å². The third-order valence-electron chi connectivity index (χ3n) is 6.14. The van der Waals surface area contributed by atoms with Crippen LogP contribution in [0.1, 0.15) is 34.4 Å². The van der Waals surface area contributed by atoms with Gasteiger partial charge in [-0.15, -0.1) is 16.4 Å². The summed E-state index contributed by atoms with van der Waals surface area (Å²) in [5, 5.41) is 5.37. The van der Waals surface area contributed by atoms with Crippen molar-refractivity contribution < 1.29 is 13.5 Å². The number of aromatic nitrogens is 5. The van der Waals surface area contributed by atoms with Crippen molar-refractivity contribution in [3.63, 3.8) is 0 Å². The zero-order chi connectivity index (χ0) is 25.0. The van der Waals surface area contributed by atoms with E-state index in [0.29, 0.717) is 28.4 Å². The standard InChI is InChI=1S/C27H21F2N5OS/c1-14-4-9-20(15(2)10-14)35-12-17-5-7-18(8-6-17)25-32-26-23-22(30-13-34(26)33-25)21-16(3)11-19(24(28)29)31-27(21)36-23/h4-11,13,24H,12H2,1-3H3. The summed E-state index contributed by atoms with van der Waals surface area (Å²) in [4.78, 5) is 14.0. The molecule has 180 valence electrons. The minimum atomic E-state index is -2.62. The molecular weight excluding hydrogens is 480 g/mol. The number of hydrogen-bond acceptors (Lipinski definition) is 6. The Hall–Kier alpha value is -3.98. The summed E-state index contributed by atoms with van der Waals surface area (Å²) in [6, 6.07) is 15.5. The molecule has 9 heteroatoms. The first-order chi connectivity index (χ1) is 17.4. The van der Waals surface area contributed by atoms with E-state index in [2.05, 4.69) is 28.1 Å². The molecule has 6 rings (SSSR count). The van der Waals surface area contributed by atoms with E-state index >= 15 is 0 Å². The van der Waals surface area contributed by atoms with Crippen LogP contribution in [0.3, 0.4) is 0 Å². The molecule has 2 aromatic carbocycles. The molecule has 0 amide bonds. The topological polar surface area (TPSA) is 65.2 Å². The number of fused-ring (bicyclic) bond motifs is 5. The maximum atomic E-state index is 13.3. The third-order valence-corrected chi connectivity index (χ3v) is 7.21. The highest BCUT2D eigenvalue weighted by Gasteiger charge is 2.19. The number of nitrogens with zero attached hydrogens (tertiary/aromatic N) is 5. The van der Waals surface area contributed by atoms with E-state index in [4.69, 9.17) is 9.72 Å². The molecule has 0 unspecified atom stereocenters. The van der Waals surface area contributed by atoms with E-state index in [0.717, 1.165) is 38.1 Å². The Morgan fingerprint density at radius 1 is 0.972 bits per heavy atom. The number of pyridine rings is 1. The van der Waals surface area contributed by atoms with Crippen LogP contribution < -0.4 is 4.74 Å². The van der Waals surface area contributed by atoms with Crippen molar-refractivity contribution in [2.75, 3.05) is 0 Å². The Bertz CT molecular complexity index is 1760. The molecule has 0 N–H and O–H groups in total. The van der Waals surface area contributed by atoms with Crippen molar-refractivity contribution >= 4 is 37.4 Å². The molecule has 4 heterocycles.